The highest BCUT2D eigenvalue weighted by Gasteiger charge is 2.39. The number of fused-ring (bicyclic) bond motifs is 1. The van der Waals surface area contributed by atoms with E-state index in [1.165, 1.54) is 4.90 Å². The van der Waals surface area contributed by atoms with Crippen LogP contribution >= 0.6 is 11.3 Å². The summed E-state index contributed by atoms with van der Waals surface area (Å²) in [7, 11) is 0. The monoisotopic (exact) mass is 480 g/mol. The van der Waals surface area contributed by atoms with Crippen LogP contribution in [0.25, 0.3) is 0 Å². The van der Waals surface area contributed by atoms with Crippen LogP contribution in [0.5, 0.6) is 0 Å². The van der Waals surface area contributed by atoms with E-state index in [1.807, 2.05) is 33.9 Å². The number of carbonyl (C=O) groups is 4. The molecule has 8 nitrogen and oxygen atoms in total. The van der Waals surface area contributed by atoms with Crippen LogP contribution in [0, 0.1) is 5.92 Å². The van der Waals surface area contributed by atoms with Gasteiger partial charge in [0.25, 0.3) is 11.8 Å². The Morgan fingerprint density at radius 3 is 2.29 bits per heavy atom. The maximum atomic E-state index is 13.2. The predicted molar refractivity (Wildman–Crippen MR) is 129 cm³/mol. The van der Waals surface area contributed by atoms with Crippen molar-refractivity contribution in [3.63, 3.8) is 0 Å². The highest BCUT2D eigenvalue weighted by Crippen LogP contribution is 2.35. The second-order valence-corrected chi connectivity index (χ2v) is 9.90. The number of carbonyl (C=O) groups excluding carboxylic acids is 4. The molecule has 2 fully saturated rings. The van der Waals surface area contributed by atoms with Gasteiger partial charge in [-0.15, -0.1) is 0 Å². The summed E-state index contributed by atoms with van der Waals surface area (Å²) in [4.78, 5) is 57.9. The van der Waals surface area contributed by atoms with Crippen LogP contribution in [0.2, 0.25) is 0 Å². The molecule has 0 atom stereocenters. The fraction of sp³-hybridized carbons (Fsp3) is 0.440. The molecule has 0 spiro atoms. The zero-order chi connectivity index (χ0) is 23.8. The van der Waals surface area contributed by atoms with Gasteiger partial charge in [-0.3, -0.25) is 24.1 Å². The van der Waals surface area contributed by atoms with Crippen LogP contribution in [0.15, 0.2) is 35.0 Å². The SMILES string of the molecule is CC(=O)N1CCN(C(=O)C2CCN(c3cccc4c3C(=O)N(Cc3ccsc3)C4=O)CC2)CC1. The van der Waals surface area contributed by atoms with Crippen LogP contribution in [0.4, 0.5) is 5.69 Å². The summed E-state index contributed by atoms with van der Waals surface area (Å²) < 4.78 is 0. The van der Waals surface area contributed by atoms with Gasteiger partial charge in [0.15, 0.2) is 0 Å². The van der Waals surface area contributed by atoms with Crippen molar-refractivity contribution in [3.8, 4) is 0 Å². The van der Waals surface area contributed by atoms with Gasteiger partial charge < -0.3 is 14.7 Å². The molecule has 178 valence electrons. The molecule has 0 radical (unpaired) electrons. The molecule has 0 aliphatic carbocycles. The summed E-state index contributed by atoms with van der Waals surface area (Å²) in [6, 6.07) is 7.39. The number of piperazine rings is 1. The van der Waals surface area contributed by atoms with Gasteiger partial charge in [0, 0.05) is 52.1 Å². The van der Waals surface area contributed by atoms with Gasteiger partial charge in [-0.25, -0.2) is 0 Å². The highest BCUT2D eigenvalue weighted by molar-refractivity contribution is 7.07. The third kappa shape index (κ3) is 4.09. The molecule has 0 bridgehead atoms. The Bertz CT molecular complexity index is 1120. The Hall–Kier alpha value is -3.20. The number of piperidine rings is 1. The number of rotatable bonds is 4. The Kier molecular flexibility index (Phi) is 6.12. The predicted octanol–water partition coefficient (Wildman–Crippen LogP) is 2.45. The molecule has 2 aromatic rings. The van der Waals surface area contributed by atoms with E-state index in [0.29, 0.717) is 63.2 Å². The van der Waals surface area contributed by atoms with E-state index in [9.17, 15) is 19.2 Å². The zero-order valence-electron chi connectivity index (χ0n) is 19.2. The van der Waals surface area contributed by atoms with Crippen LogP contribution < -0.4 is 4.90 Å². The second-order valence-electron chi connectivity index (χ2n) is 9.12. The van der Waals surface area contributed by atoms with Gasteiger partial charge in [-0.1, -0.05) is 6.07 Å². The molecule has 4 amide bonds. The van der Waals surface area contributed by atoms with E-state index < -0.39 is 0 Å². The van der Waals surface area contributed by atoms with Crippen LogP contribution in [-0.2, 0) is 16.1 Å². The van der Waals surface area contributed by atoms with Gasteiger partial charge in [0.1, 0.15) is 0 Å². The lowest BCUT2D eigenvalue weighted by atomic mass is 9.93. The minimum absolute atomic E-state index is 0.0516. The first kappa shape index (κ1) is 22.6. The standard InChI is InChI=1S/C25H28N4O4S/c1-17(30)26-10-12-28(13-11-26)23(31)19-5-8-27(9-6-19)21-4-2-3-20-22(21)25(33)29(24(20)32)15-18-7-14-34-16-18/h2-4,7,14,16,19H,5-6,8-13,15H2,1H3. The fourth-order valence-corrected chi connectivity index (χ4v) is 5.82. The lowest BCUT2D eigenvalue weighted by molar-refractivity contribution is -0.141. The van der Waals surface area contributed by atoms with Gasteiger partial charge in [0.05, 0.1) is 23.4 Å². The third-order valence-corrected chi connectivity index (χ3v) is 7.85. The maximum absolute atomic E-state index is 13.2. The summed E-state index contributed by atoms with van der Waals surface area (Å²) in [5, 5.41) is 3.89. The summed E-state index contributed by atoms with van der Waals surface area (Å²) >= 11 is 1.54. The lowest BCUT2D eigenvalue weighted by Crippen LogP contribution is -2.52. The van der Waals surface area contributed by atoms with Crippen molar-refractivity contribution in [1.82, 2.24) is 14.7 Å². The molecule has 34 heavy (non-hydrogen) atoms. The number of amides is 4. The Labute approximate surface area is 202 Å². The van der Waals surface area contributed by atoms with Gasteiger partial charge in [-0.05, 0) is 47.4 Å². The molecule has 2 saturated heterocycles. The van der Waals surface area contributed by atoms with E-state index in [-0.39, 0.29) is 36.1 Å². The smallest absolute Gasteiger partial charge is 0.263 e. The van der Waals surface area contributed by atoms with Gasteiger partial charge >= 0.3 is 0 Å². The van der Waals surface area contributed by atoms with Gasteiger partial charge in [-0.2, -0.15) is 11.3 Å². The molecule has 9 heteroatoms. The van der Waals surface area contributed by atoms with E-state index in [1.54, 1.807) is 29.2 Å². The van der Waals surface area contributed by atoms with Crippen molar-refractivity contribution < 1.29 is 19.2 Å². The van der Waals surface area contributed by atoms with E-state index in [4.69, 9.17) is 0 Å². The normalized spacial score (nSPS) is 19.1. The quantitative estimate of drug-likeness (QED) is 0.628. The molecule has 3 aliphatic heterocycles. The minimum Gasteiger partial charge on any atom is -0.371 e. The number of thiophene rings is 1. The molecule has 1 aromatic carbocycles. The third-order valence-electron chi connectivity index (χ3n) is 7.12. The summed E-state index contributed by atoms with van der Waals surface area (Å²) in [6.07, 6.45) is 1.41. The average molecular weight is 481 g/mol. The van der Waals surface area contributed by atoms with Crippen molar-refractivity contribution in [3.05, 3.63) is 51.7 Å². The van der Waals surface area contributed by atoms with Crippen LogP contribution in [0.1, 0.15) is 46.0 Å². The molecule has 0 N–H and O–H groups in total. The first-order valence-electron chi connectivity index (χ1n) is 11.7. The fourth-order valence-electron chi connectivity index (χ4n) is 5.16. The van der Waals surface area contributed by atoms with Crippen molar-refractivity contribution in [2.75, 3.05) is 44.2 Å². The van der Waals surface area contributed by atoms with Crippen molar-refractivity contribution >= 4 is 40.7 Å². The van der Waals surface area contributed by atoms with Gasteiger partial charge in [0.2, 0.25) is 11.8 Å². The minimum atomic E-state index is -0.247. The summed E-state index contributed by atoms with van der Waals surface area (Å²) in [5.41, 5.74) is 2.67. The number of hydrogen-bond donors (Lipinski definition) is 0. The lowest BCUT2D eigenvalue weighted by Gasteiger charge is -2.39. The van der Waals surface area contributed by atoms with Crippen molar-refractivity contribution in [2.24, 2.45) is 5.92 Å². The first-order chi connectivity index (χ1) is 16.4. The Morgan fingerprint density at radius 2 is 1.65 bits per heavy atom. The Morgan fingerprint density at radius 1 is 0.941 bits per heavy atom. The largest absolute Gasteiger partial charge is 0.371 e. The topological polar surface area (TPSA) is 81.2 Å². The molecule has 3 aliphatic rings. The first-order valence-corrected chi connectivity index (χ1v) is 12.7. The average Bonchev–Trinajstić information content (AvgIpc) is 3.47. The molecule has 0 saturated carbocycles. The van der Waals surface area contributed by atoms with E-state index in [0.717, 1.165) is 11.3 Å². The van der Waals surface area contributed by atoms with Crippen LogP contribution in [-0.4, -0.2) is 77.6 Å². The van der Waals surface area contributed by atoms with Crippen molar-refractivity contribution in [1.29, 1.82) is 0 Å². The highest BCUT2D eigenvalue weighted by atomic mass is 32.1. The number of hydrogen-bond acceptors (Lipinski definition) is 6. The van der Waals surface area contributed by atoms with Crippen LogP contribution in [0.3, 0.4) is 0 Å². The number of imide groups is 1. The van der Waals surface area contributed by atoms with E-state index in [2.05, 4.69) is 4.90 Å². The van der Waals surface area contributed by atoms with Crippen molar-refractivity contribution in [2.45, 2.75) is 26.3 Å². The molecule has 4 heterocycles. The zero-order valence-corrected chi connectivity index (χ0v) is 20.1. The number of anilines is 1. The maximum Gasteiger partial charge on any atom is 0.263 e. The summed E-state index contributed by atoms with van der Waals surface area (Å²) in [6.45, 7) is 5.51. The Balaban J connectivity index is 1.25. The number of nitrogens with zero attached hydrogens (tertiary/aromatic N) is 4. The second kappa shape index (κ2) is 9.21. The number of benzene rings is 1. The molecule has 5 rings (SSSR count). The summed E-state index contributed by atoms with van der Waals surface area (Å²) in [5.74, 6) is -0.331. The molecule has 1 aromatic heterocycles. The molecule has 0 unspecified atom stereocenters. The van der Waals surface area contributed by atoms with E-state index >= 15 is 0 Å². The molecular formula is C25H28N4O4S. The molecular weight excluding hydrogens is 452 g/mol.